The predicted molar refractivity (Wildman–Crippen MR) is 80.4 cm³/mol. The van der Waals surface area contributed by atoms with Gasteiger partial charge in [0, 0.05) is 19.1 Å². The van der Waals surface area contributed by atoms with E-state index in [9.17, 15) is 13.2 Å². The maximum Gasteiger partial charge on any atom is 0.342 e. The van der Waals surface area contributed by atoms with E-state index < -0.39 is 16.0 Å². The number of ether oxygens (including phenoxy) is 1. The molecule has 1 aliphatic rings. The van der Waals surface area contributed by atoms with Crippen LogP contribution in [0.25, 0.3) is 0 Å². The summed E-state index contributed by atoms with van der Waals surface area (Å²) in [4.78, 5) is 11.9. The van der Waals surface area contributed by atoms with Crippen molar-refractivity contribution in [3.8, 4) is 0 Å². The van der Waals surface area contributed by atoms with Crippen molar-refractivity contribution in [1.29, 1.82) is 0 Å². The Morgan fingerprint density at radius 1 is 1.27 bits per heavy atom. The van der Waals surface area contributed by atoms with E-state index in [1.54, 1.807) is 13.8 Å². The van der Waals surface area contributed by atoms with Crippen LogP contribution in [0.3, 0.4) is 0 Å². The number of nitrogens with one attached hydrogen (secondary N) is 1. The Hall–Kier alpha value is -1.38. The van der Waals surface area contributed by atoms with E-state index in [0.717, 1.165) is 12.8 Å². The standard InChI is InChI=1S/C14H22N2O5S/c1-9-12(14(17)20-4)13(10(2)21-9)22(18,19)16-7-5-11(15-3)6-8-16/h11,15H,5-8H2,1-4H3. The van der Waals surface area contributed by atoms with Crippen molar-refractivity contribution in [2.24, 2.45) is 0 Å². The van der Waals surface area contributed by atoms with Crippen LogP contribution in [0.2, 0.25) is 0 Å². The fourth-order valence-electron chi connectivity index (χ4n) is 2.83. The summed E-state index contributed by atoms with van der Waals surface area (Å²) in [5.74, 6) is -0.222. The summed E-state index contributed by atoms with van der Waals surface area (Å²) in [5, 5.41) is 3.16. The molecule has 0 spiro atoms. The molecule has 0 aromatic carbocycles. The molecule has 0 saturated carbocycles. The molecule has 1 N–H and O–H groups in total. The lowest BCUT2D eigenvalue weighted by atomic mass is 10.1. The van der Waals surface area contributed by atoms with Crippen molar-refractivity contribution in [3.63, 3.8) is 0 Å². The van der Waals surface area contributed by atoms with Crippen LogP contribution in [0.4, 0.5) is 0 Å². The number of sulfonamides is 1. The Balaban J connectivity index is 2.40. The normalized spacial score (nSPS) is 17.6. The Morgan fingerprint density at radius 3 is 2.36 bits per heavy atom. The minimum Gasteiger partial charge on any atom is -0.465 e. The number of hydrogen-bond acceptors (Lipinski definition) is 6. The molecule has 1 aromatic rings. The van der Waals surface area contributed by atoms with Crippen LogP contribution in [0, 0.1) is 13.8 Å². The summed E-state index contributed by atoms with van der Waals surface area (Å²) in [5.41, 5.74) is -0.00394. The molecule has 0 bridgehead atoms. The van der Waals surface area contributed by atoms with Gasteiger partial charge in [-0.25, -0.2) is 13.2 Å². The largest absolute Gasteiger partial charge is 0.465 e. The monoisotopic (exact) mass is 330 g/mol. The Kier molecular flexibility index (Phi) is 4.93. The number of rotatable bonds is 4. The molecule has 2 heterocycles. The van der Waals surface area contributed by atoms with Gasteiger partial charge in [-0.1, -0.05) is 0 Å². The molecule has 0 atom stereocenters. The number of methoxy groups -OCH3 is 1. The number of carbonyl (C=O) groups is 1. The third kappa shape index (κ3) is 2.90. The highest BCUT2D eigenvalue weighted by atomic mass is 32.2. The van der Waals surface area contributed by atoms with E-state index in [1.165, 1.54) is 11.4 Å². The van der Waals surface area contributed by atoms with Crippen LogP contribution < -0.4 is 5.32 Å². The van der Waals surface area contributed by atoms with Gasteiger partial charge in [0.2, 0.25) is 10.0 Å². The van der Waals surface area contributed by atoms with Gasteiger partial charge >= 0.3 is 5.97 Å². The highest BCUT2D eigenvalue weighted by Gasteiger charge is 2.37. The first-order chi connectivity index (χ1) is 10.3. The van der Waals surface area contributed by atoms with Crippen LogP contribution >= 0.6 is 0 Å². The molecule has 124 valence electrons. The number of piperidine rings is 1. The van der Waals surface area contributed by atoms with E-state index >= 15 is 0 Å². The third-order valence-electron chi connectivity index (χ3n) is 4.05. The first-order valence-corrected chi connectivity index (χ1v) is 8.62. The fraction of sp³-hybridized carbons (Fsp3) is 0.643. The minimum atomic E-state index is -3.78. The molecule has 2 rings (SSSR count). The molecule has 0 aliphatic carbocycles. The molecule has 1 fully saturated rings. The van der Waals surface area contributed by atoms with Crippen LogP contribution in [-0.4, -0.2) is 52.0 Å². The van der Waals surface area contributed by atoms with Crippen LogP contribution in [0.15, 0.2) is 9.31 Å². The van der Waals surface area contributed by atoms with E-state index in [0.29, 0.717) is 19.1 Å². The van der Waals surface area contributed by atoms with Crippen molar-refractivity contribution >= 4 is 16.0 Å². The van der Waals surface area contributed by atoms with Crippen molar-refractivity contribution in [2.75, 3.05) is 27.2 Å². The molecule has 0 amide bonds. The van der Waals surface area contributed by atoms with Crippen LogP contribution in [-0.2, 0) is 14.8 Å². The Morgan fingerprint density at radius 2 is 1.86 bits per heavy atom. The van der Waals surface area contributed by atoms with Crippen molar-refractivity contribution in [2.45, 2.75) is 37.6 Å². The average molecular weight is 330 g/mol. The number of furan rings is 1. The second-order valence-electron chi connectivity index (χ2n) is 5.38. The molecular formula is C14H22N2O5S. The lowest BCUT2D eigenvalue weighted by Crippen LogP contribution is -2.44. The Bertz CT molecular complexity index is 657. The third-order valence-corrected chi connectivity index (χ3v) is 6.11. The van der Waals surface area contributed by atoms with Gasteiger partial charge in [0.15, 0.2) is 0 Å². The lowest BCUT2D eigenvalue weighted by molar-refractivity contribution is 0.0594. The summed E-state index contributed by atoms with van der Waals surface area (Å²) in [7, 11) is -0.688. The number of esters is 1. The van der Waals surface area contributed by atoms with Gasteiger partial charge in [-0.3, -0.25) is 0 Å². The number of carbonyl (C=O) groups excluding carboxylic acids is 1. The maximum atomic E-state index is 12.9. The highest BCUT2D eigenvalue weighted by Crippen LogP contribution is 2.31. The molecule has 1 saturated heterocycles. The van der Waals surface area contributed by atoms with Gasteiger partial charge in [0.25, 0.3) is 0 Å². The zero-order valence-electron chi connectivity index (χ0n) is 13.3. The van der Waals surface area contributed by atoms with Gasteiger partial charge in [-0.05, 0) is 33.7 Å². The van der Waals surface area contributed by atoms with E-state index in [1.807, 2.05) is 7.05 Å². The van der Waals surface area contributed by atoms with E-state index in [-0.39, 0.29) is 22.0 Å². The predicted octanol–water partition coefficient (Wildman–Crippen LogP) is 1.06. The summed E-state index contributed by atoms with van der Waals surface area (Å²) >= 11 is 0. The molecular weight excluding hydrogens is 308 g/mol. The van der Waals surface area contributed by atoms with Crippen LogP contribution in [0.1, 0.15) is 34.7 Å². The zero-order valence-corrected chi connectivity index (χ0v) is 14.1. The van der Waals surface area contributed by atoms with Crippen molar-refractivity contribution in [3.05, 3.63) is 17.1 Å². The molecule has 7 nitrogen and oxygen atoms in total. The first kappa shape index (κ1) is 17.0. The Labute approximate surface area is 130 Å². The van der Waals surface area contributed by atoms with E-state index in [2.05, 4.69) is 5.32 Å². The minimum absolute atomic E-state index is 0.00394. The SMILES string of the molecule is CNC1CCN(S(=O)(=O)c2c(C)oc(C)c2C(=O)OC)CC1. The number of hydrogen-bond donors (Lipinski definition) is 1. The average Bonchev–Trinajstić information content (AvgIpc) is 2.81. The summed E-state index contributed by atoms with van der Waals surface area (Å²) in [6.07, 6.45) is 1.47. The zero-order chi connectivity index (χ0) is 16.5. The molecule has 8 heteroatoms. The van der Waals surface area contributed by atoms with Gasteiger partial charge in [0.1, 0.15) is 22.0 Å². The van der Waals surface area contributed by atoms with E-state index in [4.69, 9.17) is 9.15 Å². The van der Waals surface area contributed by atoms with Gasteiger partial charge in [-0.2, -0.15) is 4.31 Å². The highest BCUT2D eigenvalue weighted by molar-refractivity contribution is 7.89. The first-order valence-electron chi connectivity index (χ1n) is 7.18. The molecule has 0 radical (unpaired) electrons. The number of nitrogens with zero attached hydrogens (tertiary/aromatic N) is 1. The second-order valence-corrected chi connectivity index (χ2v) is 7.25. The topological polar surface area (TPSA) is 88.9 Å². The molecule has 1 aliphatic heterocycles. The van der Waals surface area contributed by atoms with Gasteiger partial charge in [-0.15, -0.1) is 0 Å². The molecule has 22 heavy (non-hydrogen) atoms. The maximum absolute atomic E-state index is 12.9. The lowest BCUT2D eigenvalue weighted by Gasteiger charge is -2.30. The summed E-state index contributed by atoms with van der Waals surface area (Å²) in [6, 6.07) is 0.318. The van der Waals surface area contributed by atoms with Crippen LogP contribution in [0.5, 0.6) is 0 Å². The smallest absolute Gasteiger partial charge is 0.342 e. The van der Waals surface area contributed by atoms with Crippen molar-refractivity contribution < 1.29 is 22.4 Å². The number of aryl methyl sites for hydroxylation is 2. The summed E-state index contributed by atoms with van der Waals surface area (Å²) < 4.78 is 37.3. The second kappa shape index (κ2) is 6.39. The summed E-state index contributed by atoms with van der Waals surface area (Å²) in [6.45, 7) is 3.94. The van der Waals surface area contributed by atoms with Gasteiger partial charge in [0.05, 0.1) is 7.11 Å². The van der Waals surface area contributed by atoms with Crippen molar-refractivity contribution in [1.82, 2.24) is 9.62 Å². The fourth-order valence-corrected chi connectivity index (χ4v) is 4.67. The molecule has 1 aromatic heterocycles. The quantitative estimate of drug-likeness (QED) is 0.830. The molecule has 0 unspecified atom stereocenters. The van der Waals surface area contributed by atoms with Gasteiger partial charge < -0.3 is 14.5 Å².